The van der Waals surface area contributed by atoms with E-state index in [1.807, 2.05) is 6.07 Å². The van der Waals surface area contributed by atoms with E-state index in [9.17, 15) is 13.2 Å². The summed E-state index contributed by atoms with van der Waals surface area (Å²) in [6.45, 7) is 4.67. The number of hydrogen-bond acceptors (Lipinski definition) is 5. The Bertz CT molecular complexity index is 986. The van der Waals surface area contributed by atoms with Gasteiger partial charge in [0.2, 0.25) is 0 Å². The van der Waals surface area contributed by atoms with E-state index in [2.05, 4.69) is 14.6 Å². The summed E-state index contributed by atoms with van der Waals surface area (Å²) in [6.07, 6.45) is 0.508. The maximum atomic E-state index is 13.3. The minimum Gasteiger partial charge on any atom is -0.383 e. The highest BCUT2D eigenvalue weighted by atomic mass is 19.4. The second-order valence-electron chi connectivity index (χ2n) is 9.59. The minimum atomic E-state index is -4.54. The van der Waals surface area contributed by atoms with Crippen molar-refractivity contribution in [3.63, 3.8) is 0 Å². The van der Waals surface area contributed by atoms with Gasteiger partial charge in [0.1, 0.15) is 5.82 Å². The van der Waals surface area contributed by atoms with Gasteiger partial charge in [-0.1, -0.05) is 6.42 Å². The van der Waals surface area contributed by atoms with Gasteiger partial charge in [0.25, 0.3) is 0 Å². The molecule has 4 aliphatic rings. The number of fused-ring (bicyclic) bond motifs is 1. The Morgan fingerprint density at radius 1 is 1.13 bits per heavy atom. The Morgan fingerprint density at radius 3 is 2.45 bits per heavy atom. The van der Waals surface area contributed by atoms with Gasteiger partial charge in [-0.05, 0) is 42.7 Å². The highest BCUT2D eigenvalue weighted by molar-refractivity contribution is 5.63. The van der Waals surface area contributed by atoms with E-state index in [0.29, 0.717) is 41.0 Å². The summed E-state index contributed by atoms with van der Waals surface area (Å²) in [5, 5.41) is 4.76. The van der Waals surface area contributed by atoms with Crippen LogP contribution in [0.5, 0.6) is 0 Å². The lowest BCUT2D eigenvalue weighted by Gasteiger charge is -2.36. The molecule has 0 unspecified atom stereocenters. The Labute approximate surface area is 178 Å². The average Bonchev–Trinajstić information content (AvgIpc) is 2.99. The topological polar surface area (TPSA) is 69.2 Å². The van der Waals surface area contributed by atoms with Gasteiger partial charge in [-0.15, -0.1) is 0 Å². The molecule has 166 valence electrons. The summed E-state index contributed by atoms with van der Waals surface area (Å²) in [6, 6.07) is 3.63. The van der Waals surface area contributed by atoms with Crippen LogP contribution in [-0.4, -0.2) is 52.0 Å². The molecule has 2 aromatic rings. The quantitative estimate of drug-likeness (QED) is 0.783. The number of nitrogen functional groups attached to an aromatic ring is 1. The lowest BCUT2D eigenvalue weighted by atomic mass is 9.85. The standard InChI is InChI=1S/C22H26F3N5O/c23-22(24,25)17-4-13(6-27-21(17)26)18-5-19(30(28-18)7-12-2-1-3-12)20-15-8-29(9-16(15)20)14-10-31-11-14/h4-6,12,14-16,20H,1-3,7-11H2,(H2,26,27)/t15-,16+,20+. The number of aromatic nitrogens is 3. The summed E-state index contributed by atoms with van der Waals surface area (Å²) < 4.78 is 47.4. The van der Waals surface area contributed by atoms with Crippen LogP contribution in [0.1, 0.15) is 36.4 Å². The molecule has 3 atom stereocenters. The van der Waals surface area contributed by atoms with Gasteiger partial charge in [-0.3, -0.25) is 9.58 Å². The maximum absolute atomic E-state index is 13.3. The first kappa shape index (κ1) is 19.5. The molecule has 4 heterocycles. The van der Waals surface area contributed by atoms with E-state index in [4.69, 9.17) is 15.6 Å². The van der Waals surface area contributed by atoms with E-state index in [1.165, 1.54) is 31.2 Å². The molecule has 9 heteroatoms. The zero-order chi connectivity index (χ0) is 21.3. The number of nitrogens with zero attached hydrogens (tertiary/aromatic N) is 4. The molecule has 0 bridgehead atoms. The predicted molar refractivity (Wildman–Crippen MR) is 108 cm³/mol. The first-order chi connectivity index (χ1) is 14.9. The van der Waals surface area contributed by atoms with Crippen LogP contribution in [0.25, 0.3) is 11.3 Å². The molecule has 2 N–H and O–H groups in total. The smallest absolute Gasteiger partial charge is 0.383 e. The van der Waals surface area contributed by atoms with E-state index in [1.54, 1.807) is 0 Å². The number of hydrogen-bond donors (Lipinski definition) is 1. The Kier molecular flexibility index (Phi) is 4.37. The number of rotatable bonds is 5. The van der Waals surface area contributed by atoms with Crippen molar-refractivity contribution in [1.29, 1.82) is 0 Å². The van der Waals surface area contributed by atoms with Crippen molar-refractivity contribution in [3.8, 4) is 11.3 Å². The molecule has 6 nitrogen and oxygen atoms in total. The van der Waals surface area contributed by atoms with Crippen molar-refractivity contribution >= 4 is 5.82 Å². The second kappa shape index (κ2) is 6.93. The monoisotopic (exact) mass is 433 g/mol. The molecule has 2 saturated carbocycles. The van der Waals surface area contributed by atoms with Crippen LogP contribution in [0.4, 0.5) is 19.0 Å². The zero-order valence-electron chi connectivity index (χ0n) is 17.2. The van der Waals surface area contributed by atoms with Gasteiger partial charge in [-0.2, -0.15) is 18.3 Å². The first-order valence-corrected chi connectivity index (χ1v) is 11.1. The van der Waals surface area contributed by atoms with E-state index < -0.39 is 17.6 Å². The molecule has 2 aromatic heterocycles. The predicted octanol–water partition coefficient (Wildman–Crippen LogP) is 3.39. The summed E-state index contributed by atoms with van der Waals surface area (Å²) in [5.74, 6) is 1.79. The van der Waals surface area contributed by atoms with Gasteiger partial charge in [0.15, 0.2) is 0 Å². The van der Waals surface area contributed by atoms with Gasteiger partial charge >= 0.3 is 6.18 Å². The molecule has 0 spiro atoms. The number of pyridine rings is 1. The summed E-state index contributed by atoms with van der Waals surface area (Å²) in [7, 11) is 0. The zero-order valence-corrected chi connectivity index (χ0v) is 17.2. The van der Waals surface area contributed by atoms with Crippen molar-refractivity contribution in [2.24, 2.45) is 17.8 Å². The molecule has 2 aliphatic heterocycles. The number of ether oxygens (including phenoxy) is 1. The lowest BCUT2D eigenvalue weighted by Crippen LogP contribution is -2.48. The normalized spacial score (nSPS) is 28.9. The SMILES string of the molecule is Nc1ncc(-c2cc([C@H]3[C@@H]4CN(C5COC5)C[C@@H]43)n(CC3CCC3)n2)cc1C(F)(F)F. The molecular formula is C22H26F3N5O. The fourth-order valence-electron chi connectivity index (χ4n) is 5.48. The Balaban J connectivity index is 1.29. The highest BCUT2D eigenvalue weighted by Crippen LogP contribution is 2.59. The summed E-state index contributed by atoms with van der Waals surface area (Å²) in [4.78, 5) is 6.33. The minimum absolute atomic E-state index is 0.370. The fraction of sp³-hybridized carbons (Fsp3) is 0.636. The molecule has 6 rings (SSSR count). The van der Waals surface area contributed by atoms with Crippen molar-refractivity contribution in [2.75, 3.05) is 32.0 Å². The van der Waals surface area contributed by atoms with E-state index in [-0.39, 0.29) is 0 Å². The van der Waals surface area contributed by atoms with Crippen molar-refractivity contribution in [3.05, 3.63) is 29.6 Å². The summed E-state index contributed by atoms with van der Waals surface area (Å²) in [5.41, 5.74) is 6.68. The second-order valence-corrected chi connectivity index (χ2v) is 9.59. The van der Waals surface area contributed by atoms with Crippen LogP contribution in [0.3, 0.4) is 0 Å². The molecule has 2 aliphatic carbocycles. The fourth-order valence-corrected chi connectivity index (χ4v) is 5.48. The molecule has 4 fully saturated rings. The third-order valence-electron chi connectivity index (χ3n) is 7.69. The third-order valence-corrected chi connectivity index (χ3v) is 7.69. The van der Waals surface area contributed by atoms with Crippen LogP contribution < -0.4 is 5.73 Å². The Hall–Kier alpha value is -2.13. The van der Waals surface area contributed by atoms with Crippen LogP contribution in [0.2, 0.25) is 0 Å². The van der Waals surface area contributed by atoms with Crippen LogP contribution in [-0.2, 0) is 17.5 Å². The average molecular weight is 433 g/mol. The van der Waals surface area contributed by atoms with Crippen LogP contribution in [0.15, 0.2) is 18.3 Å². The molecule has 0 radical (unpaired) electrons. The maximum Gasteiger partial charge on any atom is 0.419 e. The molecule has 31 heavy (non-hydrogen) atoms. The largest absolute Gasteiger partial charge is 0.419 e. The lowest BCUT2D eigenvalue weighted by molar-refractivity contribution is -0.137. The van der Waals surface area contributed by atoms with Crippen LogP contribution >= 0.6 is 0 Å². The number of likely N-dealkylation sites (tertiary alicyclic amines) is 1. The third kappa shape index (κ3) is 3.33. The van der Waals surface area contributed by atoms with E-state index in [0.717, 1.165) is 38.9 Å². The number of nitrogens with two attached hydrogens (primary N) is 1. The van der Waals surface area contributed by atoms with E-state index >= 15 is 0 Å². The van der Waals surface area contributed by atoms with Gasteiger partial charge in [0, 0.05) is 43.0 Å². The van der Waals surface area contributed by atoms with Crippen molar-refractivity contribution in [1.82, 2.24) is 19.7 Å². The number of anilines is 1. The Morgan fingerprint density at radius 2 is 1.87 bits per heavy atom. The first-order valence-electron chi connectivity index (χ1n) is 11.1. The van der Waals surface area contributed by atoms with Crippen LogP contribution in [0, 0.1) is 17.8 Å². The van der Waals surface area contributed by atoms with Crippen molar-refractivity contribution < 1.29 is 17.9 Å². The number of piperidine rings is 1. The number of alkyl halides is 3. The number of halogens is 3. The van der Waals surface area contributed by atoms with Crippen molar-refractivity contribution in [2.45, 2.75) is 43.9 Å². The van der Waals surface area contributed by atoms with Gasteiger partial charge < -0.3 is 10.5 Å². The summed E-state index contributed by atoms with van der Waals surface area (Å²) >= 11 is 0. The molecule has 2 saturated heterocycles. The van der Waals surface area contributed by atoms with Gasteiger partial charge in [0.05, 0.1) is 30.5 Å². The van der Waals surface area contributed by atoms with Gasteiger partial charge in [-0.25, -0.2) is 4.98 Å². The molecular weight excluding hydrogens is 407 g/mol. The highest BCUT2D eigenvalue weighted by Gasteiger charge is 2.58. The molecule has 0 amide bonds. The molecule has 0 aromatic carbocycles.